The van der Waals surface area contributed by atoms with E-state index in [4.69, 9.17) is 5.26 Å². The average molecular weight is 254 g/mol. The molecule has 0 aromatic heterocycles. The maximum Gasteiger partial charge on any atom is 0.124 e. The molecule has 0 saturated heterocycles. The molecule has 0 heterocycles. The summed E-state index contributed by atoms with van der Waals surface area (Å²) in [6.45, 7) is 3.47. The summed E-state index contributed by atoms with van der Waals surface area (Å²) in [4.78, 5) is 2.13. The van der Waals surface area contributed by atoms with Crippen LogP contribution in [0.15, 0.2) is 48.5 Å². The Hall–Kier alpha value is -2.34. The van der Waals surface area contributed by atoms with Gasteiger partial charge in [-0.1, -0.05) is 18.2 Å². The van der Waals surface area contributed by atoms with Crippen LogP contribution in [0.4, 0.5) is 10.1 Å². The third-order valence-corrected chi connectivity index (χ3v) is 2.96. The number of hydrogen-bond acceptors (Lipinski definition) is 2. The van der Waals surface area contributed by atoms with Crippen molar-refractivity contribution in [1.29, 1.82) is 5.26 Å². The molecule has 0 N–H and O–H groups in total. The van der Waals surface area contributed by atoms with Gasteiger partial charge >= 0.3 is 0 Å². The van der Waals surface area contributed by atoms with Gasteiger partial charge in [-0.3, -0.25) is 0 Å². The van der Waals surface area contributed by atoms with E-state index in [1.165, 1.54) is 12.1 Å². The van der Waals surface area contributed by atoms with Gasteiger partial charge in [-0.25, -0.2) is 4.39 Å². The lowest BCUT2D eigenvalue weighted by molar-refractivity contribution is 0.624. The molecule has 0 bridgehead atoms. The number of nitrogens with zero attached hydrogens (tertiary/aromatic N) is 2. The molecule has 0 aliphatic rings. The maximum absolute atomic E-state index is 13.4. The van der Waals surface area contributed by atoms with Crippen LogP contribution in [0.2, 0.25) is 0 Å². The number of nitriles is 1. The predicted molar refractivity (Wildman–Crippen MR) is 74.3 cm³/mol. The Kier molecular flexibility index (Phi) is 4.15. The van der Waals surface area contributed by atoms with E-state index in [1.807, 2.05) is 36.4 Å². The molecule has 0 saturated carbocycles. The molecule has 0 aliphatic heterocycles. The van der Waals surface area contributed by atoms with Crippen LogP contribution in [0, 0.1) is 17.1 Å². The second-order valence-electron chi connectivity index (χ2n) is 4.31. The standard InChI is InChI=1S/C16H15FN2/c1-2-19(16-6-4-3-5-7-16)12-14-8-13(11-18)9-15(17)10-14/h3-10H,2,12H2,1H3. The van der Waals surface area contributed by atoms with Crippen LogP contribution in [-0.2, 0) is 6.54 Å². The quantitative estimate of drug-likeness (QED) is 0.831. The molecule has 2 aromatic carbocycles. The van der Waals surface area contributed by atoms with Crippen LogP contribution in [0.25, 0.3) is 0 Å². The minimum atomic E-state index is -0.363. The van der Waals surface area contributed by atoms with Gasteiger partial charge in [-0.15, -0.1) is 0 Å². The number of anilines is 1. The highest BCUT2D eigenvalue weighted by molar-refractivity contribution is 5.47. The Morgan fingerprint density at radius 1 is 1.16 bits per heavy atom. The molecule has 0 unspecified atom stereocenters. The van der Waals surface area contributed by atoms with E-state index in [1.54, 1.807) is 6.07 Å². The Morgan fingerprint density at radius 2 is 1.89 bits per heavy atom. The van der Waals surface area contributed by atoms with Crippen LogP contribution in [0.1, 0.15) is 18.1 Å². The highest BCUT2D eigenvalue weighted by Gasteiger charge is 2.07. The summed E-state index contributed by atoms with van der Waals surface area (Å²) in [5.74, 6) is -0.363. The van der Waals surface area contributed by atoms with Crippen molar-refractivity contribution in [2.24, 2.45) is 0 Å². The first-order valence-corrected chi connectivity index (χ1v) is 6.22. The van der Waals surface area contributed by atoms with Gasteiger partial charge in [0.2, 0.25) is 0 Å². The first-order valence-electron chi connectivity index (χ1n) is 6.22. The van der Waals surface area contributed by atoms with Crippen molar-refractivity contribution in [2.75, 3.05) is 11.4 Å². The lowest BCUT2D eigenvalue weighted by atomic mass is 10.1. The van der Waals surface area contributed by atoms with Crippen LogP contribution in [0.3, 0.4) is 0 Å². The summed E-state index contributed by atoms with van der Waals surface area (Å²) in [5.41, 5.74) is 2.26. The second kappa shape index (κ2) is 6.01. The molecule has 0 spiro atoms. The van der Waals surface area contributed by atoms with Crippen molar-refractivity contribution < 1.29 is 4.39 Å². The maximum atomic E-state index is 13.4. The third kappa shape index (κ3) is 3.32. The van der Waals surface area contributed by atoms with Gasteiger partial charge in [0.25, 0.3) is 0 Å². The molecular weight excluding hydrogens is 239 g/mol. The average Bonchev–Trinajstić information content (AvgIpc) is 2.45. The van der Waals surface area contributed by atoms with Gasteiger partial charge in [0.15, 0.2) is 0 Å². The molecule has 0 atom stereocenters. The van der Waals surface area contributed by atoms with E-state index < -0.39 is 0 Å². The molecule has 0 radical (unpaired) electrons. The number of para-hydroxylation sites is 1. The van der Waals surface area contributed by atoms with Crippen LogP contribution >= 0.6 is 0 Å². The smallest absolute Gasteiger partial charge is 0.124 e. The predicted octanol–water partition coefficient (Wildman–Crippen LogP) is 3.72. The van der Waals surface area contributed by atoms with E-state index in [2.05, 4.69) is 11.8 Å². The highest BCUT2D eigenvalue weighted by Crippen LogP contribution is 2.17. The van der Waals surface area contributed by atoms with E-state index in [-0.39, 0.29) is 5.82 Å². The zero-order valence-corrected chi connectivity index (χ0v) is 10.8. The van der Waals surface area contributed by atoms with Crippen molar-refractivity contribution >= 4 is 5.69 Å². The van der Waals surface area contributed by atoms with Crippen molar-refractivity contribution in [2.45, 2.75) is 13.5 Å². The Balaban J connectivity index is 2.24. The largest absolute Gasteiger partial charge is 0.367 e. The molecule has 0 fully saturated rings. The van der Waals surface area contributed by atoms with Crippen LogP contribution < -0.4 is 4.90 Å². The van der Waals surface area contributed by atoms with E-state index in [9.17, 15) is 4.39 Å². The summed E-state index contributed by atoms with van der Waals surface area (Å²) in [5, 5.41) is 8.86. The van der Waals surface area contributed by atoms with E-state index in [0.717, 1.165) is 17.8 Å². The third-order valence-electron chi connectivity index (χ3n) is 2.96. The summed E-state index contributed by atoms with van der Waals surface area (Å²) < 4.78 is 13.4. The van der Waals surface area contributed by atoms with E-state index in [0.29, 0.717) is 12.1 Å². The first kappa shape index (κ1) is 13.1. The molecular formula is C16H15FN2. The SMILES string of the molecule is CCN(Cc1cc(F)cc(C#N)c1)c1ccccc1. The van der Waals surface area contributed by atoms with Gasteiger partial charge in [0.05, 0.1) is 11.6 Å². The summed E-state index contributed by atoms with van der Waals surface area (Å²) in [7, 11) is 0. The van der Waals surface area contributed by atoms with Gasteiger partial charge in [0, 0.05) is 18.8 Å². The minimum absolute atomic E-state index is 0.360. The summed E-state index contributed by atoms with van der Waals surface area (Å²) in [6.07, 6.45) is 0. The van der Waals surface area contributed by atoms with Gasteiger partial charge in [-0.2, -0.15) is 5.26 Å². The van der Waals surface area contributed by atoms with Gasteiger partial charge in [0.1, 0.15) is 5.82 Å². The molecule has 96 valence electrons. The van der Waals surface area contributed by atoms with E-state index >= 15 is 0 Å². The molecule has 2 aromatic rings. The Labute approximate surface area is 112 Å². The number of hydrogen-bond donors (Lipinski definition) is 0. The topological polar surface area (TPSA) is 27.0 Å². The van der Waals surface area contributed by atoms with Gasteiger partial charge < -0.3 is 4.90 Å². The summed E-state index contributed by atoms with van der Waals surface area (Å²) in [6, 6.07) is 16.4. The highest BCUT2D eigenvalue weighted by atomic mass is 19.1. The second-order valence-corrected chi connectivity index (χ2v) is 4.31. The molecule has 3 heteroatoms. The molecule has 2 rings (SSSR count). The van der Waals surface area contributed by atoms with Crippen LogP contribution in [0.5, 0.6) is 0 Å². The normalized spacial score (nSPS) is 9.95. The fourth-order valence-electron chi connectivity index (χ4n) is 2.05. The zero-order valence-electron chi connectivity index (χ0n) is 10.8. The van der Waals surface area contributed by atoms with Crippen molar-refractivity contribution in [3.63, 3.8) is 0 Å². The van der Waals surface area contributed by atoms with Crippen molar-refractivity contribution in [3.05, 3.63) is 65.5 Å². The first-order chi connectivity index (χ1) is 9.22. The Bertz CT molecular complexity index is 587. The number of rotatable bonds is 4. The fraction of sp³-hybridized carbons (Fsp3) is 0.188. The molecule has 2 nitrogen and oxygen atoms in total. The molecule has 0 aliphatic carbocycles. The summed E-state index contributed by atoms with van der Waals surface area (Å²) >= 11 is 0. The zero-order chi connectivity index (χ0) is 13.7. The number of benzene rings is 2. The number of halogens is 1. The van der Waals surface area contributed by atoms with Crippen LogP contribution in [-0.4, -0.2) is 6.54 Å². The lowest BCUT2D eigenvalue weighted by Crippen LogP contribution is -2.21. The molecule has 0 amide bonds. The fourth-order valence-corrected chi connectivity index (χ4v) is 2.05. The Morgan fingerprint density at radius 3 is 2.53 bits per heavy atom. The van der Waals surface area contributed by atoms with Crippen molar-refractivity contribution in [1.82, 2.24) is 0 Å². The minimum Gasteiger partial charge on any atom is -0.367 e. The molecule has 19 heavy (non-hydrogen) atoms. The monoisotopic (exact) mass is 254 g/mol. The van der Waals surface area contributed by atoms with Crippen molar-refractivity contribution in [3.8, 4) is 6.07 Å². The van der Waals surface area contributed by atoms with Gasteiger partial charge in [-0.05, 0) is 42.8 Å². The lowest BCUT2D eigenvalue weighted by Gasteiger charge is -2.23.